The third kappa shape index (κ3) is 7.23. The third-order valence-corrected chi connectivity index (χ3v) is 7.18. The van der Waals surface area contributed by atoms with Crippen LogP contribution < -0.4 is 4.74 Å². The van der Waals surface area contributed by atoms with Gasteiger partial charge in [-0.25, -0.2) is 31.1 Å². The zero-order valence-electron chi connectivity index (χ0n) is 22.1. The topological polar surface area (TPSA) is 26.3 Å². The zero-order valence-corrected chi connectivity index (χ0v) is 22.9. The van der Waals surface area contributed by atoms with E-state index in [1.165, 1.54) is 12.1 Å². The first-order valence-electron chi connectivity index (χ1n) is 12.8. The highest BCUT2D eigenvalue weighted by Gasteiger charge is 2.21. The molecule has 4 rings (SSSR count). The summed E-state index contributed by atoms with van der Waals surface area (Å²) in [4.78, 5) is 12.2. The molecule has 0 heterocycles. The number of carbonyl (C=O) groups is 1. The lowest BCUT2D eigenvalue weighted by atomic mass is 9.99. The van der Waals surface area contributed by atoms with Crippen molar-refractivity contribution in [2.75, 3.05) is 5.75 Å². The average molecular weight is 605 g/mol. The van der Waals surface area contributed by atoms with Crippen molar-refractivity contribution in [3.63, 3.8) is 0 Å². The molecule has 2 nitrogen and oxygen atoms in total. The second kappa shape index (κ2) is 13.7. The summed E-state index contributed by atoms with van der Waals surface area (Å²) >= 11 is 0.846. The number of rotatable bonds is 10. The van der Waals surface area contributed by atoms with Gasteiger partial charge in [-0.15, -0.1) is 0 Å². The van der Waals surface area contributed by atoms with E-state index in [1.54, 1.807) is 36.4 Å². The summed E-state index contributed by atoms with van der Waals surface area (Å²) in [7, 11) is 0. The minimum atomic E-state index is -1.81. The number of esters is 1. The highest BCUT2D eigenvalue weighted by molar-refractivity contribution is 8.03. The molecule has 0 bridgehead atoms. The summed E-state index contributed by atoms with van der Waals surface area (Å²) in [6.45, 7) is 2.03. The van der Waals surface area contributed by atoms with E-state index in [1.807, 2.05) is 6.92 Å². The summed E-state index contributed by atoms with van der Waals surface area (Å²) in [5.74, 6) is -10.7. The van der Waals surface area contributed by atoms with Gasteiger partial charge in [-0.1, -0.05) is 80.1 Å². The Labute approximate surface area is 241 Å². The van der Waals surface area contributed by atoms with Crippen LogP contribution in [0.2, 0.25) is 0 Å². The van der Waals surface area contributed by atoms with Crippen molar-refractivity contribution in [1.29, 1.82) is 0 Å². The molecule has 0 fully saturated rings. The van der Waals surface area contributed by atoms with Crippen molar-refractivity contribution in [3.8, 4) is 28.0 Å². The van der Waals surface area contributed by atoms with E-state index in [0.717, 1.165) is 43.2 Å². The largest absolute Gasteiger partial charge is 0.417 e. The van der Waals surface area contributed by atoms with Gasteiger partial charge in [0.15, 0.2) is 40.1 Å². The monoisotopic (exact) mass is 604 g/mol. The Morgan fingerprint density at radius 3 is 1.69 bits per heavy atom. The molecule has 0 aliphatic heterocycles. The number of thioether (sulfide) groups is 1. The first-order valence-corrected chi connectivity index (χ1v) is 13.8. The maximum absolute atomic E-state index is 14.7. The van der Waals surface area contributed by atoms with E-state index in [-0.39, 0.29) is 11.1 Å². The molecule has 0 spiro atoms. The van der Waals surface area contributed by atoms with Gasteiger partial charge in [0.1, 0.15) is 0 Å². The van der Waals surface area contributed by atoms with E-state index in [0.29, 0.717) is 34.6 Å². The van der Waals surface area contributed by atoms with Crippen LogP contribution >= 0.6 is 11.8 Å². The van der Waals surface area contributed by atoms with E-state index in [9.17, 15) is 35.5 Å². The first kappa shape index (κ1) is 30.9. The summed E-state index contributed by atoms with van der Waals surface area (Å²) in [5.41, 5.74) is 1.24. The van der Waals surface area contributed by atoms with Crippen LogP contribution in [0.3, 0.4) is 0 Å². The lowest BCUT2D eigenvalue weighted by molar-refractivity contribution is 0.0719. The first-order chi connectivity index (χ1) is 20.1. The number of ether oxygens (including phenoxy) is 1. The van der Waals surface area contributed by atoms with Gasteiger partial charge in [0, 0.05) is 11.3 Å². The molecule has 0 radical (unpaired) electrons. The molecule has 0 saturated carbocycles. The van der Waals surface area contributed by atoms with Gasteiger partial charge in [-0.05, 0) is 52.9 Å². The van der Waals surface area contributed by atoms with Crippen LogP contribution in [0.5, 0.6) is 5.75 Å². The molecular formula is C32H23F7O2S. The maximum atomic E-state index is 14.7. The van der Waals surface area contributed by atoms with Crippen molar-refractivity contribution in [2.24, 2.45) is 0 Å². The van der Waals surface area contributed by atoms with Gasteiger partial charge >= 0.3 is 5.97 Å². The second-order valence-corrected chi connectivity index (χ2v) is 10.3. The minimum absolute atomic E-state index is 0.102. The fourth-order valence-corrected chi connectivity index (χ4v) is 4.78. The summed E-state index contributed by atoms with van der Waals surface area (Å²) in [5, 5.41) is -0.860. The van der Waals surface area contributed by atoms with Crippen molar-refractivity contribution in [1.82, 2.24) is 0 Å². The van der Waals surface area contributed by atoms with Gasteiger partial charge in [0.2, 0.25) is 5.75 Å². The predicted molar refractivity (Wildman–Crippen MR) is 150 cm³/mol. The standard InChI is InChI=1S/C32H23F7O2S/c1-2-3-4-13-42-31(39)28(37)21-11-9-19(10-12-21)18-5-7-20(8-6-18)22-14-26(35)30(27(36)15-22)41-32(40)23-16-24(33)29(38)25(34)17-23/h5-12,14-17H,2-4,13H2,1H3. The molecule has 4 aromatic rings. The number of hydrogen-bond donors (Lipinski definition) is 0. The summed E-state index contributed by atoms with van der Waals surface area (Å²) in [6.07, 6.45) is 2.74. The molecule has 0 aliphatic carbocycles. The number of benzene rings is 4. The molecule has 0 N–H and O–H groups in total. The van der Waals surface area contributed by atoms with Crippen LogP contribution in [0.1, 0.15) is 42.1 Å². The van der Waals surface area contributed by atoms with Gasteiger partial charge in [0.25, 0.3) is 0 Å². The van der Waals surface area contributed by atoms with Crippen molar-refractivity contribution >= 4 is 23.6 Å². The Hall–Kier alpha value is -4.05. The molecule has 42 heavy (non-hydrogen) atoms. The molecule has 0 unspecified atom stereocenters. The molecule has 0 amide bonds. The highest BCUT2D eigenvalue weighted by Crippen LogP contribution is 2.33. The van der Waals surface area contributed by atoms with Crippen LogP contribution in [0.25, 0.3) is 28.1 Å². The molecule has 0 aliphatic rings. The third-order valence-electron chi connectivity index (χ3n) is 6.25. The number of halogens is 7. The Bertz CT molecular complexity index is 1570. The quantitative estimate of drug-likeness (QED) is 0.0592. The van der Waals surface area contributed by atoms with Gasteiger partial charge in [0.05, 0.1) is 5.56 Å². The van der Waals surface area contributed by atoms with Crippen molar-refractivity contribution in [2.45, 2.75) is 26.2 Å². The number of carbonyl (C=O) groups excluding carboxylic acids is 1. The zero-order chi connectivity index (χ0) is 30.4. The molecule has 0 aromatic heterocycles. The fourth-order valence-electron chi connectivity index (χ4n) is 4.00. The SMILES string of the molecule is CCCCCSC(F)=C(F)c1ccc(-c2ccc(-c3cc(F)c(OC(=O)c4cc(F)c(F)c(F)c4)c(F)c3)cc2)cc1. The smallest absolute Gasteiger partial charge is 0.343 e. The summed E-state index contributed by atoms with van der Waals surface area (Å²) in [6, 6.07) is 15.2. The second-order valence-electron chi connectivity index (χ2n) is 9.21. The fraction of sp³-hybridized carbons (Fsp3) is 0.156. The van der Waals surface area contributed by atoms with Crippen LogP contribution in [0.15, 0.2) is 78.0 Å². The van der Waals surface area contributed by atoms with E-state index >= 15 is 0 Å². The molecule has 218 valence electrons. The Kier molecular flexibility index (Phi) is 10.1. The average Bonchev–Trinajstić information content (AvgIpc) is 2.99. The van der Waals surface area contributed by atoms with E-state index in [2.05, 4.69) is 4.74 Å². The number of hydrogen-bond acceptors (Lipinski definition) is 3. The Morgan fingerprint density at radius 1 is 0.667 bits per heavy atom. The molecular weight excluding hydrogens is 581 g/mol. The van der Waals surface area contributed by atoms with Crippen LogP contribution in [-0.2, 0) is 0 Å². The van der Waals surface area contributed by atoms with Crippen molar-refractivity contribution < 1.29 is 40.3 Å². The summed E-state index contributed by atoms with van der Waals surface area (Å²) < 4.78 is 103. The van der Waals surface area contributed by atoms with Gasteiger partial charge in [-0.3, -0.25) is 0 Å². The van der Waals surface area contributed by atoms with Crippen LogP contribution in [0.4, 0.5) is 30.7 Å². The van der Waals surface area contributed by atoms with Crippen LogP contribution in [0, 0.1) is 29.1 Å². The lowest BCUT2D eigenvalue weighted by Crippen LogP contribution is -2.12. The normalized spacial score (nSPS) is 11.8. The van der Waals surface area contributed by atoms with Crippen LogP contribution in [-0.4, -0.2) is 11.7 Å². The van der Waals surface area contributed by atoms with Gasteiger partial charge < -0.3 is 4.74 Å². The van der Waals surface area contributed by atoms with E-state index in [4.69, 9.17) is 0 Å². The molecule has 0 saturated heterocycles. The molecule has 10 heteroatoms. The minimum Gasteiger partial charge on any atom is -0.417 e. The lowest BCUT2D eigenvalue weighted by Gasteiger charge is -2.10. The van der Waals surface area contributed by atoms with E-state index < -0.39 is 57.4 Å². The van der Waals surface area contributed by atoms with Gasteiger partial charge in [-0.2, -0.15) is 4.39 Å². The Morgan fingerprint density at radius 2 is 1.17 bits per heavy atom. The number of unbranched alkanes of at least 4 members (excludes halogenated alkanes) is 2. The molecule has 0 atom stereocenters. The molecule has 4 aromatic carbocycles. The van der Waals surface area contributed by atoms with Crippen molar-refractivity contribution in [3.05, 3.63) is 118 Å². The Balaban J connectivity index is 1.47. The highest BCUT2D eigenvalue weighted by atomic mass is 32.2. The maximum Gasteiger partial charge on any atom is 0.343 e. The predicted octanol–water partition coefficient (Wildman–Crippen LogP) is 10.4.